The predicted octanol–water partition coefficient (Wildman–Crippen LogP) is 1.65. The van der Waals surface area contributed by atoms with Gasteiger partial charge in [-0.05, 0) is 0 Å². The van der Waals surface area contributed by atoms with Crippen molar-refractivity contribution in [3.63, 3.8) is 0 Å². The first-order chi connectivity index (χ1) is 8.25. The van der Waals surface area contributed by atoms with E-state index in [0.29, 0.717) is 6.54 Å². The molecule has 0 fully saturated rings. The van der Waals surface area contributed by atoms with Crippen LogP contribution in [0, 0.1) is 5.92 Å². The molecule has 6 nitrogen and oxygen atoms in total. The molecular formula is C11H21N5OS. The van der Waals surface area contributed by atoms with E-state index < -0.39 is 0 Å². The van der Waals surface area contributed by atoms with E-state index >= 15 is 0 Å². The predicted molar refractivity (Wildman–Crippen MR) is 74.5 cm³/mol. The zero-order chi connectivity index (χ0) is 13.9. The average Bonchev–Trinajstić information content (AvgIpc) is 2.76. The van der Waals surface area contributed by atoms with Gasteiger partial charge in [0.1, 0.15) is 11.7 Å². The van der Waals surface area contributed by atoms with Gasteiger partial charge in [-0.3, -0.25) is 0 Å². The molecule has 7 heteroatoms. The van der Waals surface area contributed by atoms with Crippen molar-refractivity contribution in [2.75, 3.05) is 18.5 Å². The molecule has 102 valence electrons. The zero-order valence-corrected chi connectivity index (χ0v) is 12.3. The summed E-state index contributed by atoms with van der Waals surface area (Å²) in [4.78, 5) is 6.48. The summed E-state index contributed by atoms with van der Waals surface area (Å²) in [5.41, 5.74) is 5.51. The maximum Gasteiger partial charge on any atom is 0.204 e. The summed E-state index contributed by atoms with van der Waals surface area (Å²) >= 11 is 1.37. The fourth-order valence-corrected chi connectivity index (χ4v) is 2.18. The van der Waals surface area contributed by atoms with Gasteiger partial charge in [0.2, 0.25) is 5.13 Å². The van der Waals surface area contributed by atoms with E-state index in [1.807, 2.05) is 18.9 Å². The van der Waals surface area contributed by atoms with Crippen molar-refractivity contribution in [2.45, 2.75) is 33.1 Å². The van der Waals surface area contributed by atoms with Crippen LogP contribution in [0.5, 0.6) is 0 Å². The molecule has 0 aromatic carbocycles. The normalized spacial score (nSPS) is 14.6. The molecule has 0 aliphatic carbocycles. The highest BCUT2D eigenvalue weighted by Gasteiger charge is 2.21. The van der Waals surface area contributed by atoms with Gasteiger partial charge < -0.3 is 15.8 Å². The van der Waals surface area contributed by atoms with Crippen LogP contribution in [0.25, 0.3) is 0 Å². The van der Waals surface area contributed by atoms with Gasteiger partial charge in [0.15, 0.2) is 0 Å². The summed E-state index contributed by atoms with van der Waals surface area (Å²) in [5.74, 6) is 1.02. The highest BCUT2D eigenvalue weighted by molar-refractivity contribution is 7.09. The Bertz CT molecular complexity index is 423. The summed E-state index contributed by atoms with van der Waals surface area (Å²) in [6.07, 6.45) is 0. The van der Waals surface area contributed by atoms with Crippen LogP contribution in [-0.4, -0.2) is 34.0 Å². The van der Waals surface area contributed by atoms with Crippen molar-refractivity contribution in [3.8, 4) is 0 Å². The van der Waals surface area contributed by atoms with Crippen LogP contribution in [0.1, 0.15) is 33.5 Å². The fourth-order valence-electron chi connectivity index (χ4n) is 1.36. The lowest BCUT2D eigenvalue weighted by Gasteiger charge is -2.19. The van der Waals surface area contributed by atoms with Gasteiger partial charge in [0.25, 0.3) is 0 Å². The van der Waals surface area contributed by atoms with Crippen LogP contribution in [0.4, 0.5) is 5.13 Å². The molecule has 1 aromatic rings. The third-order valence-corrected chi connectivity index (χ3v) is 3.41. The number of nitrogens with zero attached hydrogens (tertiary/aromatic N) is 4. The van der Waals surface area contributed by atoms with E-state index in [-0.39, 0.29) is 17.2 Å². The highest BCUT2D eigenvalue weighted by Crippen LogP contribution is 2.25. The minimum atomic E-state index is -0.0488. The maximum atomic E-state index is 8.62. The van der Waals surface area contributed by atoms with Gasteiger partial charge >= 0.3 is 0 Å². The topological polar surface area (TPSA) is 87.6 Å². The number of rotatable bonds is 4. The van der Waals surface area contributed by atoms with Crippen LogP contribution in [0.15, 0.2) is 5.16 Å². The minimum Gasteiger partial charge on any atom is -0.409 e. The standard InChI is InChI=1S/C11H21N5OS/c1-7(8(12)14-17)6-16(5)10-13-9(15-18-10)11(2,3)4/h7,17H,6H2,1-5H3,(H2,12,14). The Balaban J connectivity index is 2.74. The van der Waals surface area contributed by atoms with E-state index in [4.69, 9.17) is 10.9 Å². The third-order valence-electron chi connectivity index (χ3n) is 2.58. The average molecular weight is 271 g/mol. The molecule has 0 radical (unpaired) electrons. The summed E-state index contributed by atoms with van der Waals surface area (Å²) in [6.45, 7) is 8.78. The van der Waals surface area contributed by atoms with Gasteiger partial charge in [0, 0.05) is 36.5 Å². The fraction of sp³-hybridized carbons (Fsp3) is 0.727. The van der Waals surface area contributed by atoms with E-state index in [1.165, 1.54) is 11.5 Å². The van der Waals surface area contributed by atoms with E-state index in [2.05, 4.69) is 35.3 Å². The molecule has 0 aliphatic rings. The number of anilines is 1. The first kappa shape index (κ1) is 14.7. The van der Waals surface area contributed by atoms with Crippen molar-refractivity contribution in [1.29, 1.82) is 0 Å². The lowest BCUT2D eigenvalue weighted by molar-refractivity contribution is 0.314. The molecule has 0 aliphatic heterocycles. The van der Waals surface area contributed by atoms with Gasteiger partial charge in [-0.15, -0.1) is 0 Å². The number of nitrogens with two attached hydrogens (primary N) is 1. The Kier molecular flexibility index (Phi) is 4.50. The van der Waals surface area contributed by atoms with Gasteiger partial charge in [-0.2, -0.15) is 4.37 Å². The second-order valence-electron chi connectivity index (χ2n) is 5.46. The molecule has 0 saturated carbocycles. The van der Waals surface area contributed by atoms with Gasteiger partial charge in [0.05, 0.1) is 0 Å². The molecule has 1 unspecified atom stereocenters. The van der Waals surface area contributed by atoms with E-state index in [1.54, 1.807) is 0 Å². The summed E-state index contributed by atoms with van der Waals surface area (Å²) < 4.78 is 4.36. The smallest absolute Gasteiger partial charge is 0.204 e. The summed E-state index contributed by atoms with van der Waals surface area (Å²) in [5, 5.41) is 12.5. The number of hydrogen-bond acceptors (Lipinski definition) is 6. The van der Waals surface area contributed by atoms with Gasteiger partial charge in [-0.25, -0.2) is 4.98 Å². The van der Waals surface area contributed by atoms with Crippen molar-refractivity contribution in [2.24, 2.45) is 16.8 Å². The molecule has 1 aromatic heterocycles. The molecule has 1 heterocycles. The van der Waals surface area contributed by atoms with Crippen LogP contribution in [0.2, 0.25) is 0 Å². The first-order valence-corrected chi connectivity index (χ1v) is 6.55. The highest BCUT2D eigenvalue weighted by atomic mass is 32.1. The van der Waals surface area contributed by atoms with Crippen molar-refractivity contribution < 1.29 is 5.21 Å². The Labute approximate surface area is 112 Å². The Hall–Kier alpha value is -1.37. The molecule has 0 bridgehead atoms. The number of amidine groups is 1. The largest absolute Gasteiger partial charge is 0.409 e. The van der Waals surface area contributed by atoms with Crippen LogP contribution < -0.4 is 10.6 Å². The van der Waals surface area contributed by atoms with E-state index in [0.717, 1.165) is 11.0 Å². The van der Waals surface area contributed by atoms with E-state index in [9.17, 15) is 0 Å². The SMILES string of the molecule is CC(CN(C)c1nc(C(C)(C)C)ns1)C(N)=NO. The van der Waals surface area contributed by atoms with Crippen molar-refractivity contribution >= 4 is 22.5 Å². The third kappa shape index (κ3) is 3.56. The second kappa shape index (κ2) is 5.51. The van der Waals surface area contributed by atoms with Crippen LogP contribution in [0.3, 0.4) is 0 Å². The van der Waals surface area contributed by atoms with Crippen LogP contribution >= 0.6 is 11.5 Å². The van der Waals surface area contributed by atoms with Gasteiger partial charge in [-0.1, -0.05) is 32.9 Å². The Morgan fingerprint density at radius 1 is 1.56 bits per heavy atom. The first-order valence-electron chi connectivity index (χ1n) is 5.78. The minimum absolute atomic E-state index is 0.0398. The lowest BCUT2D eigenvalue weighted by Crippen LogP contribution is -2.32. The number of hydrogen-bond donors (Lipinski definition) is 2. The molecule has 1 atom stereocenters. The Morgan fingerprint density at radius 3 is 2.61 bits per heavy atom. The molecule has 0 amide bonds. The molecule has 1 rings (SSSR count). The second-order valence-corrected chi connectivity index (χ2v) is 6.19. The summed E-state index contributed by atoms with van der Waals surface area (Å²) in [6, 6.07) is 0. The quantitative estimate of drug-likeness (QED) is 0.376. The summed E-state index contributed by atoms with van der Waals surface area (Å²) in [7, 11) is 1.92. The maximum absolute atomic E-state index is 8.62. The number of oxime groups is 1. The molecule has 3 N–H and O–H groups in total. The molecule has 0 spiro atoms. The molecule has 0 saturated heterocycles. The Morgan fingerprint density at radius 2 is 2.17 bits per heavy atom. The van der Waals surface area contributed by atoms with Crippen molar-refractivity contribution in [3.05, 3.63) is 5.82 Å². The zero-order valence-electron chi connectivity index (χ0n) is 11.5. The van der Waals surface area contributed by atoms with Crippen molar-refractivity contribution in [1.82, 2.24) is 9.36 Å². The van der Waals surface area contributed by atoms with Crippen LogP contribution in [-0.2, 0) is 5.41 Å². The lowest BCUT2D eigenvalue weighted by atomic mass is 9.96. The number of aromatic nitrogens is 2. The molecule has 18 heavy (non-hydrogen) atoms. The molecular weight excluding hydrogens is 250 g/mol. The monoisotopic (exact) mass is 271 g/mol.